The first-order valence-corrected chi connectivity index (χ1v) is 6.99. The molecule has 0 amide bonds. The SMILES string of the molecule is O=C(O)C(Cc1c(F)cccc1Cl)c1ccc2c(c1)OCO2. The summed E-state index contributed by atoms with van der Waals surface area (Å²) in [5.41, 5.74) is 0.699. The van der Waals surface area contributed by atoms with Gasteiger partial charge in [-0.15, -0.1) is 0 Å². The molecule has 1 aliphatic rings. The number of fused-ring (bicyclic) bond motifs is 1. The van der Waals surface area contributed by atoms with E-state index in [1.165, 1.54) is 12.1 Å². The molecular weight excluding hydrogens is 311 g/mol. The predicted octanol–water partition coefficient (Wildman–Crippen LogP) is 3.62. The van der Waals surface area contributed by atoms with Crippen LogP contribution in [0.5, 0.6) is 11.5 Å². The highest BCUT2D eigenvalue weighted by molar-refractivity contribution is 6.31. The summed E-state index contributed by atoms with van der Waals surface area (Å²) in [6.45, 7) is 0.107. The lowest BCUT2D eigenvalue weighted by Crippen LogP contribution is -2.15. The predicted molar refractivity (Wildman–Crippen MR) is 78.1 cm³/mol. The Hall–Kier alpha value is -2.27. The summed E-state index contributed by atoms with van der Waals surface area (Å²) >= 11 is 5.98. The van der Waals surface area contributed by atoms with Gasteiger partial charge >= 0.3 is 5.97 Å². The van der Waals surface area contributed by atoms with Crippen LogP contribution < -0.4 is 9.47 Å². The van der Waals surface area contributed by atoms with Gasteiger partial charge in [0.15, 0.2) is 11.5 Å². The van der Waals surface area contributed by atoms with Gasteiger partial charge in [0.25, 0.3) is 0 Å². The van der Waals surface area contributed by atoms with Crippen LogP contribution in [0.4, 0.5) is 4.39 Å². The maximum atomic E-state index is 13.9. The van der Waals surface area contributed by atoms with Crippen molar-refractivity contribution < 1.29 is 23.8 Å². The number of carboxylic acids is 1. The Balaban J connectivity index is 1.95. The number of ether oxygens (including phenoxy) is 2. The minimum absolute atomic E-state index is 0.0412. The molecule has 22 heavy (non-hydrogen) atoms. The van der Waals surface area contributed by atoms with Gasteiger partial charge in [-0.1, -0.05) is 23.7 Å². The van der Waals surface area contributed by atoms with E-state index in [0.29, 0.717) is 17.1 Å². The molecule has 114 valence electrons. The van der Waals surface area contributed by atoms with Crippen LogP contribution in [-0.4, -0.2) is 17.9 Å². The van der Waals surface area contributed by atoms with E-state index < -0.39 is 17.7 Å². The summed E-state index contributed by atoms with van der Waals surface area (Å²) in [5, 5.41) is 9.70. The van der Waals surface area contributed by atoms with Crippen LogP contribution in [0.2, 0.25) is 5.02 Å². The average molecular weight is 323 g/mol. The first-order chi connectivity index (χ1) is 10.6. The van der Waals surface area contributed by atoms with E-state index in [1.54, 1.807) is 24.3 Å². The molecule has 1 N–H and O–H groups in total. The number of hydrogen-bond acceptors (Lipinski definition) is 3. The monoisotopic (exact) mass is 322 g/mol. The number of carboxylic acid groups (broad SMARTS) is 1. The van der Waals surface area contributed by atoms with Gasteiger partial charge in [0.05, 0.1) is 5.92 Å². The molecule has 0 spiro atoms. The van der Waals surface area contributed by atoms with Crippen molar-refractivity contribution in [1.82, 2.24) is 0 Å². The number of benzene rings is 2. The van der Waals surface area contributed by atoms with E-state index in [9.17, 15) is 14.3 Å². The van der Waals surface area contributed by atoms with E-state index in [0.717, 1.165) is 0 Å². The third-order valence-corrected chi connectivity index (χ3v) is 3.92. The summed E-state index contributed by atoms with van der Waals surface area (Å²) in [5.74, 6) is -1.44. The van der Waals surface area contributed by atoms with Gasteiger partial charge in [0, 0.05) is 10.6 Å². The Morgan fingerprint density at radius 3 is 2.77 bits per heavy atom. The normalized spacial score (nSPS) is 13.9. The molecule has 1 aliphatic heterocycles. The Kier molecular flexibility index (Phi) is 3.90. The fourth-order valence-corrected chi connectivity index (χ4v) is 2.65. The Morgan fingerprint density at radius 1 is 1.27 bits per heavy atom. The number of rotatable bonds is 4. The smallest absolute Gasteiger partial charge is 0.311 e. The summed E-state index contributed by atoms with van der Waals surface area (Å²) < 4.78 is 24.3. The fourth-order valence-electron chi connectivity index (χ4n) is 2.41. The summed E-state index contributed by atoms with van der Waals surface area (Å²) in [7, 11) is 0. The second kappa shape index (κ2) is 5.85. The van der Waals surface area contributed by atoms with Crippen LogP contribution in [0.25, 0.3) is 0 Å². The Morgan fingerprint density at radius 2 is 2.05 bits per heavy atom. The third-order valence-electron chi connectivity index (χ3n) is 3.57. The van der Waals surface area contributed by atoms with Gasteiger partial charge in [-0.2, -0.15) is 0 Å². The largest absolute Gasteiger partial charge is 0.481 e. The molecule has 2 aromatic carbocycles. The van der Waals surface area contributed by atoms with E-state index in [4.69, 9.17) is 21.1 Å². The average Bonchev–Trinajstić information content (AvgIpc) is 2.94. The van der Waals surface area contributed by atoms with Crippen LogP contribution in [0.1, 0.15) is 17.0 Å². The molecule has 0 fully saturated rings. The Bertz CT molecular complexity index is 712. The van der Waals surface area contributed by atoms with Gasteiger partial charge < -0.3 is 14.6 Å². The highest BCUT2D eigenvalue weighted by Crippen LogP contribution is 2.36. The van der Waals surface area contributed by atoms with Crippen molar-refractivity contribution in [3.63, 3.8) is 0 Å². The zero-order valence-electron chi connectivity index (χ0n) is 11.4. The number of aliphatic carboxylic acids is 1. The second-order valence-electron chi connectivity index (χ2n) is 4.91. The summed E-state index contributed by atoms with van der Waals surface area (Å²) in [4.78, 5) is 11.6. The number of halogens is 2. The lowest BCUT2D eigenvalue weighted by Gasteiger charge is -2.15. The van der Waals surface area contributed by atoms with Crippen LogP contribution >= 0.6 is 11.6 Å². The number of hydrogen-bond donors (Lipinski definition) is 1. The topological polar surface area (TPSA) is 55.8 Å². The minimum Gasteiger partial charge on any atom is -0.481 e. The zero-order chi connectivity index (χ0) is 15.7. The molecule has 2 aromatic rings. The van der Waals surface area contributed by atoms with Gasteiger partial charge in [-0.05, 0) is 36.2 Å². The molecule has 0 saturated carbocycles. The number of carbonyl (C=O) groups is 1. The van der Waals surface area contributed by atoms with Crippen molar-refractivity contribution in [3.8, 4) is 11.5 Å². The molecule has 3 rings (SSSR count). The summed E-state index contributed by atoms with van der Waals surface area (Å²) in [6, 6.07) is 9.18. The van der Waals surface area contributed by atoms with Gasteiger partial charge in [-0.3, -0.25) is 4.79 Å². The molecule has 6 heteroatoms. The molecule has 0 saturated heterocycles. The molecule has 0 bridgehead atoms. The fraction of sp³-hybridized carbons (Fsp3) is 0.188. The van der Waals surface area contributed by atoms with Crippen molar-refractivity contribution in [2.24, 2.45) is 0 Å². The van der Waals surface area contributed by atoms with E-state index >= 15 is 0 Å². The lowest BCUT2D eigenvalue weighted by atomic mass is 9.91. The van der Waals surface area contributed by atoms with Gasteiger partial charge in [0.2, 0.25) is 6.79 Å². The molecule has 0 radical (unpaired) electrons. The molecule has 0 aliphatic carbocycles. The maximum absolute atomic E-state index is 13.9. The van der Waals surface area contributed by atoms with Crippen LogP contribution in [0.3, 0.4) is 0 Å². The molecule has 1 heterocycles. The van der Waals surface area contributed by atoms with E-state index in [2.05, 4.69) is 0 Å². The second-order valence-corrected chi connectivity index (χ2v) is 5.32. The van der Waals surface area contributed by atoms with Crippen molar-refractivity contribution in [2.45, 2.75) is 12.3 Å². The van der Waals surface area contributed by atoms with Crippen molar-refractivity contribution >= 4 is 17.6 Å². The standard InChI is InChI=1S/C16H12ClFO4/c17-12-2-1-3-13(18)11(12)7-10(16(19)20)9-4-5-14-15(6-9)22-8-21-14/h1-6,10H,7-8H2,(H,19,20). The summed E-state index contributed by atoms with van der Waals surface area (Å²) in [6.07, 6.45) is -0.0412. The first-order valence-electron chi connectivity index (χ1n) is 6.61. The highest BCUT2D eigenvalue weighted by atomic mass is 35.5. The van der Waals surface area contributed by atoms with Crippen molar-refractivity contribution in [2.75, 3.05) is 6.79 Å². The molecule has 1 atom stereocenters. The molecule has 1 unspecified atom stereocenters. The zero-order valence-corrected chi connectivity index (χ0v) is 12.1. The van der Waals surface area contributed by atoms with Crippen molar-refractivity contribution in [1.29, 1.82) is 0 Å². The maximum Gasteiger partial charge on any atom is 0.311 e. The van der Waals surface area contributed by atoms with E-state index in [-0.39, 0.29) is 23.8 Å². The quantitative estimate of drug-likeness (QED) is 0.934. The molecular formula is C16H12ClFO4. The van der Waals surface area contributed by atoms with Gasteiger partial charge in [-0.25, -0.2) is 4.39 Å². The van der Waals surface area contributed by atoms with Crippen molar-refractivity contribution in [3.05, 3.63) is 58.4 Å². The van der Waals surface area contributed by atoms with Crippen LogP contribution in [-0.2, 0) is 11.2 Å². The third kappa shape index (κ3) is 2.72. The van der Waals surface area contributed by atoms with E-state index in [1.807, 2.05) is 0 Å². The van der Waals surface area contributed by atoms with Crippen LogP contribution in [0, 0.1) is 5.82 Å². The highest BCUT2D eigenvalue weighted by Gasteiger charge is 2.25. The first kappa shape index (κ1) is 14.7. The van der Waals surface area contributed by atoms with Crippen LogP contribution in [0.15, 0.2) is 36.4 Å². The molecule has 4 nitrogen and oxygen atoms in total. The van der Waals surface area contributed by atoms with Gasteiger partial charge in [0.1, 0.15) is 5.82 Å². The Labute approximate surface area is 131 Å². The lowest BCUT2D eigenvalue weighted by molar-refractivity contribution is -0.138. The minimum atomic E-state index is -1.06. The molecule has 0 aromatic heterocycles.